The fourth-order valence-electron chi connectivity index (χ4n) is 6.68. The molecule has 4 aromatic rings. The molecule has 1 N–H and O–H groups in total. The van der Waals surface area contributed by atoms with E-state index in [1.165, 1.54) is 19.2 Å². The molecule has 0 radical (unpaired) electrons. The second-order valence-corrected chi connectivity index (χ2v) is 18.6. The first-order valence-electron chi connectivity index (χ1n) is 20.1. The van der Waals surface area contributed by atoms with Crippen molar-refractivity contribution in [2.24, 2.45) is 21.9 Å². The van der Waals surface area contributed by atoms with E-state index in [1.54, 1.807) is 55.8 Å². The summed E-state index contributed by atoms with van der Waals surface area (Å²) in [5, 5.41) is 7.12. The van der Waals surface area contributed by atoms with E-state index >= 15 is 4.39 Å². The summed E-state index contributed by atoms with van der Waals surface area (Å²) in [5.74, 6) is -1.23. The zero-order valence-electron chi connectivity index (χ0n) is 37.2. The van der Waals surface area contributed by atoms with Gasteiger partial charge in [0.1, 0.15) is 28.5 Å². The number of nitrogens with zero attached hydrogens (tertiary/aromatic N) is 5. The van der Waals surface area contributed by atoms with Gasteiger partial charge in [0.15, 0.2) is 12.4 Å². The number of esters is 2. The standard InChI is InChI=1S/C44H54FN6O12P/c1-29-36(45)37(63-43(29,25-47-50-46)26-60-64(55,61-27-58-38(52)41(2,3)4)62-28-59-39(53)42(5,6)7)51-24-23-35(48-40(51)54)49-44(30-13-11-10-12-14-30,31-15-19-33(56-8)20-16-31)32-17-21-34(57-9)22-18-32/h10-24,29,36-37H,25-28H2,1-9H3,(H,48,49,54)/t29-,36+,37+,43+/m0/s1. The maximum absolute atomic E-state index is 16.6. The maximum Gasteiger partial charge on any atom is 0.480 e. The van der Waals surface area contributed by atoms with E-state index in [4.69, 9.17) is 37.3 Å². The summed E-state index contributed by atoms with van der Waals surface area (Å²) in [6, 6.07) is 25.8. The number of phosphoric ester groups is 1. The highest BCUT2D eigenvalue weighted by atomic mass is 31.2. The minimum Gasteiger partial charge on any atom is -0.497 e. The molecule has 3 aromatic carbocycles. The molecule has 1 aromatic heterocycles. The summed E-state index contributed by atoms with van der Waals surface area (Å²) in [5.41, 5.74) is 5.80. The van der Waals surface area contributed by atoms with E-state index in [2.05, 4.69) is 20.3 Å². The molecule has 1 saturated heterocycles. The highest BCUT2D eigenvalue weighted by molar-refractivity contribution is 7.48. The fourth-order valence-corrected chi connectivity index (χ4v) is 7.64. The highest BCUT2D eigenvalue weighted by Gasteiger charge is 2.55. The third kappa shape index (κ3) is 11.3. The molecule has 344 valence electrons. The maximum atomic E-state index is 16.6. The van der Waals surface area contributed by atoms with Crippen LogP contribution in [0.4, 0.5) is 10.2 Å². The Morgan fingerprint density at radius 1 is 0.844 bits per heavy atom. The van der Waals surface area contributed by atoms with Crippen LogP contribution in [-0.4, -0.2) is 74.2 Å². The number of hydrogen-bond acceptors (Lipinski definition) is 15. The van der Waals surface area contributed by atoms with Crippen molar-refractivity contribution in [3.05, 3.63) is 129 Å². The summed E-state index contributed by atoms with van der Waals surface area (Å²) < 4.78 is 75.0. The van der Waals surface area contributed by atoms with Crippen molar-refractivity contribution in [3.63, 3.8) is 0 Å². The minimum atomic E-state index is -4.82. The van der Waals surface area contributed by atoms with Gasteiger partial charge in [0.2, 0.25) is 13.6 Å². The number of hydrogen-bond donors (Lipinski definition) is 1. The van der Waals surface area contributed by atoms with Crippen LogP contribution in [0.25, 0.3) is 10.4 Å². The topological polar surface area (TPSA) is 221 Å². The van der Waals surface area contributed by atoms with Gasteiger partial charge in [-0.3, -0.25) is 18.7 Å². The number of anilines is 1. The van der Waals surface area contributed by atoms with Gasteiger partial charge in [-0.05, 0) is 94.1 Å². The number of carbonyl (C=O) groups excluding carboxylic acids is 2. The monoisotopic (exact) mass is 908 g/mol. The molecule has 0 saturated carbocycles. The summed E-state index contributed by atoms with van der Waals surface area (Å²) in [6.07, 6.45) is -2.28. The second-order valence-electron chi connectivity index (χ2n) is 17.0. The van der Waals surface area contributed by atoms with Gasteiger partial charge in [-0.15, -0.1) is 0 Å². The zero-order chi connectivity index (χ0) is 46.9. The molecule has 0 aliphatic carbocycles. The van der Waals surface area contributed by atoms with E-state index < -0.39 is 92.5 Å². The third-order valence-corrected chi connectivity index (χ3v) is 11.8. The van der Waals surface area contributed by atoms with Crippen molar-refractivity contribution >= 4 is 25.6 Å². The summed E-state index contributed by atoms with van der Waals surface area (Å²) in [4.78, 5) is 46.0. The van der Waals surface area contributed by atoms with Crippen molar-refractivity contribution in [2.45, 2.75) is 72.0 Å². The molecule has 4 atom stereocenters. The first kappa shape index (κ1) is 49.2. The molecule has 0 amide bonds. The first-order chi connectivity index (χ1) is 30.2. The van der Waals surface area contributed by atoms with Crippen LogP contribution in [0.15, 0.2) is 101 Å². The Bertz CT molecular complexity index is 2300. The van der Waals surface area contributed by atoms with Gasteiger partial charge in [-0.2, -0.15) is 4.98 Å². The predicted molar refractivity (Wildman–Crippen MR) is 232 cm³/mol. The third-order valence-electron chi connectivity index (χ3n) is 10.5. The normalized spacial score (nSPS) is 19.0. The predicted octanol–water partition coefficient (Wildman–Crippen LogP) is 8.47. The average Bonchev–Trinajstić information content (AvgIpc) is 3.52. The summed E-state index contributed by atoms with van der Waals surface area (Å²) in [7, 11) is -1.69. The zero-order valence-corrected chi connectivity index (χ0v) is 38.1. The van der Waals surface area contributed by atoms with Gasteiger partial charge in [0.25, 0.3) is 0 Å². The number of alkyl halides is 1. The molecule has 1 aliphatic rings. The van der Waals surface area contributed by atoms with Gasteiger partial charge >= 0.3 is 25.5 Å². The summed E-state index contributed by atoms with van der Waals surface area (Å²) >= 11 is 0. The number of benzene rings is 3. The van der Waals surface area contributed by atoms with Crippen molar-refractivity contribution in [1.29, 1.82) is 0 Å². The quantitative estimate of drug-likeness (QED) is 0.0177. The smallest absolute Gasteiger partial charge is 0.480 e. The Balaban J connectivity index is 1.48. The lowest BCUT2D eigenvalue weighted by Gasteiger charge is -2.37. The largest absolute Gasteiger partial charge is 0.497 e. The Hall–Kier alpha value is -5.81. The molecule has 20 heteroatoms. The van der Waals surface area contributed by atoms with E-state index in [0.717, 1.165) is 21.3 Å². The van der Waals surface area contributed by atoms with Gasteiger partial charge in [0, 0.05) is 17.0 Å². The number of azide groups is 1. The van der Waals surface area contributed by atoms with Gasteiger partial charge in [-0.1, -0.05) is 66.6 Å². The Morgan fingerprint density at radius 2 is 1.34 bits per heavy atom. The molecule has 5 rings (SSSR count). The Morgan fingerprint density at radius 3 is 1.80 bits per heavy atom. The van der Waals surface area contributed by atoms with Gasteiger partial charge in [0.05, 0.1) is 38.2 Å². The molecule has 64 heavy (non-hydrogen) atoms. The van der Waals surface area contributed by atoms with E-state index in [0.29, 0.717) is 11.5 Å². The SMILES string of the molecule is COc1ccc(C(Nc2ccn([C@@H]3O[C@](CN=[N+]=[N-])(COP(=O)(OCOC(=O)C(C)(C)C)OCOC(=O)C(C)(C)C)[C@@H](C)[C@H]3F)c(=O)n2)(c2ccccc2)c2ccc(OC)cc2)cc1. The van der Waals surface area contributed by atoms with Crippen LogP contribution in [0.1, 0.15) is 71.4 Å². The lowest BCUT2D eigenvalue weighted by atomic mass is 9.77. The van der Waals surface area contributed by atoms with E-state index in [9.17, 15) is 24.5 Å². The van der Waals surface area contributed by atoms with Crippen LogP contribution in [-0.2, 0) is 47.5 Å². The van der Waals surface area contributed by atoms with Gasteiger partial charge < -0.3 is 29.0 Å². The molecular formula is C44H54FN6O12P. The molecular weight excluding hydrogens is 854 g/mol. The van der Waals surface area contributed by atoms with Crippen LogP contribution in [0, 0.1) is 16.7 Å². The Kier molecular flexibility index (Phi) is 15.6. The molecule has 1 aliphatic heterocycles. The summed E-state index contributed by atoms with van der Waals surface area (Å²) in [6.45, 7) is 7.78. The van der Waals surface area contributed by atoms with Crippen molar-refractivity contribution in [1.82, 2.24) is 9.55 Å². The van der Waals surface area contributed by atoms with Gasteiger partial charge in [-0.25, -0.2) is 22.8 Å². The van der Waals surface area contributed by atoms with Crippen molar-refractivity contribution < 1.29 is 55.8 Å². The highest BCUT2D eigenvalue weighted by Crippen LogP contribution is 2.53. The number of rotatable bonds is 19. The number of carbonyl (C=O) groups is 2. The minimum absolute atomic E-state index is 0.122. The van der Waals surface area contributed by atoms with Crippen LogP contribution in [0.3, 0.4) is 0 Å². The fraction of sp³-hybridized carbons (Fsp3) is 0.455. The van der Waals surface area contributed by atoms with E-state index in [-0.39, 0.29) is 5.82 Å². The molecule has 0 unspecified atom stereocenters. The Labute approximate surface area is 370 Å². The molecule has 0 spiro atoms. The van der Waals surface area contributed by atoms with Crippen molar-refractivity contribution in [2.75, 3.05) is 46.3 Å². The van der Waals surface area contributed by atoms with Crippen molar-refractivity contribution in [3.8, 4) is 11.5 Å². The van der Waals surface area contributed by atoms with Crippen LogP contribution < -0.4 is 20.5 Å². The van der Waals surface area contributed by atoms with Crippen LogP contribution >= 0.6 is 7.82 Å². The number of ether oxygens (including phenoxy) is 5. The molecule has 18 nitrogen and oxygen atoms in total. The second kappa shape index (κ2) is 20.4. The van der Waals surface area contributed by atoms with Crippen LogP contribution in [0.5, 0.6) is 11.5 Å². The number of aromatic nitrogens is 2. The number of phosphoric acid groups is 1. The molecule has 2 heterocycles. The number of nitrogens with one attached hydrogen (secondary N) is 1. The number of methoxy groups -OCH3 is 2. The van der Waals surface area contributed by atoms with E-state index in [1.807, 2.05) is 78.9 Å². The molecule has 1 fully saturated rings. The number of halogens is 1. The lowest BCUT2D eigenvalue weighted by molar-refractivity contribution is -0.164. The first-order valence-corrected chi connectivity index (χ1v) is 21.6. The lowest BCUT2D eigenvalue weighted by Crippen LogP contribution is -2.44. The molecule has 0 bridgehead atoms. The average molecular weight is 909 g/mol. The van der Waals surface area contributed by atoms with Crippen LogP contribution in [0.2, 0.25) is 0 Å².